The molecule has 18 heavy (non-hydrogen) atoms. The van der Waals surface area contributed by atoms with Crippen LogP contribution in [0.1, 0.15) is 47.8 Å². The van der Waals surface area contributed by atoms with Crippen molar-refractivity contribution in [1.29, 1.82) is 0 Å². The number of rotatable bonds is 2. The van der Waals surface area contributed by atoms with Crippen LogP contribution in [0.15, 0.2) is 11.4 Å². The molecular weight excluding hydrogens is 244 g/mol. The zero-order valence-electron chi connectivity index (χ0n) is 11.0. The zero-order chi connectivity index (χ0) is 12.7. The quantitative estimate of drug-likeness (QED) is 0.890. The smallest absolute Gasteiger partial charge is 0.264 e. The molecule has 3 rings (SSSR count). The first-order valence-electron chi connectivity index (χ1n) is 6.78. The standard InChI is InChI=1S/C14H20N2OS/c1-9-7-16(8-10(2)15-9)14(17)13-12(5-6-18-13)11-3-4-11/h5-6,9-11,15H,3-4,7-8H2,1-2H3/t9-,10-/m1/s1. The van der Waals surface area contributed by atoms with E-state index in [9.17, 15) is 4.79 Å². The first-order chi connectivity index (χ1) is 8.65. The van der Waals surface area contributed by atoms with Crippen LogP contribution in [0.2, 0.25) is 0 Å². The van der Waals surface area contributed by atoms with Gasteiger partial charge in [-0.3, -0.25) is 4.79 Å². The topological polar surface area (TPSA) is 32.3 Å². The van der Waals surface area contributed by atoms with E-state index in [0.29, 0.717) is 18.0 Å². The number of piperazine rings is 1. The molecule has 2 atom stereocenters. The van der Waals surface area contributed by atoms with Crippen LogP contribution in [0.5, 0.6) is 0 Å². The van der Waals surface area contributed by atoms with Gasteiger partial charge in [0.2, 0.25) is 0 Å². The van der Waals surface area contributed by atoms with Gasteiger partial charge < -0.3 is 10.2 Å². The molecule has 1 aliphatic carbocycles. The zero-order valence-corrected chi connectivity index (χ0v) is 11.8. The second-order valence-electron chi connectivity index (χ2n) is 5.66. The second-order valence-corrected chi connectivity index (χ2v) is 6.57. The summed E-state index contributed by atoms with van der Waals surface area (Å²) in [6.45, 7) is 5.94. The molecule has 98 valence electrons. The summed E-state index contributed by atoms with van der Waals surface area (Å²) in [6, 6.07) is 2.93. The fraction of sp³-hybridized carbons (Fsp3) is 0.643. The largest absolute Gasteiger partial charge is 0.335 e. The maximum atomic E-state index is 12.6. The van der Waals surface area contributed by atoms with Gasteiger partial charge in [0, 0.05) is 25.2 Å². The van der Waals surface area contributed by atoms with E-state index in [-0.39, 0.29) is 5.91 Å². The molecule has 1 saturated carbocycles. The highest BCUT2D eigenvalue weighted by molar-refractivity contribution is 7.12. The number of amides is 1. The van der Waals surface area contributed by atoms with E-state index in [0.717, 1.165) is 18.0 Å². The lowest BCUT2D eigenvalue weighted by Gasteiger charge is -2.36. The summed E-state index contributed by atoms with van der Waals surface area (Å²) in [5.41, 5.74) is 1.30. The molecule has 0 unspecified atom stereocenters. The van der Waals surface area contributed by atoms with Gasteiger partial charge in [-0.2, -0.15) is 0 Å². The number of hydrogen-bond acceptors (Lipinski definition) is 3. The third kappa shape index (κ3) is 2.31. The van der Waals surface area contributed by atoms with Crippen molar-refractivity contribution in [3.63, 3.8) is 0 Å². The molecule has 4 heteroatoms. The van der Waals surface area contributed by atoms with Crippen molar-refractivity contribution in [3.05, 3.63) is 21.9 Å². The molecule has 0 bridgehead atoms. The lowest BCUT2D eigenvalue weighted by Crippen LogP contribution is -2.55. The SMILES string of the molecule is C[C@@H]1CN(C(=O)c2sccc2C2CC2)C[C@@H](C)N1. The highest BCUT2D eigenvalue weighted by atomic mass is 32.1. The Morgan fingerprint density at radius 1 is 1.33 bits per heavy atom. The molecule has 0 radical (unpaired) electrons. The molecule has 1 aliphatic heterocycles. The Balaban J connectivity index is 1.78. The van der Waals surface area contributed by atoms with Crippen molar-refractivity contribution in [3.8, 4) is 0 Å². The molecule has 1 amide bonds. The Labute approximate surface area is 112 Å². The maximum absolute atomic E-state index is 12.6. The molecule has 1 aromatic heterocycles. The molecule has 0 spiro atoms. The molecule has 0 aromatic carbocycles. The summed E-state index contributed by atoms with van der Waals surface area (Å²) in [5.74, 6) is 0.903. The van der Waals surface area contributed by atoms with E-state index < -0.39 is 0 Å². The Hall–Kier alpha value is -0.870. The van der Waals surface area contributed by atoms with E-state index in [2.05, 4.69) is 30.6 Å². The van der Waals surface area contributed by atoms with Gasteiger partial charge in [-0.25, -0.2) is 0 Å². The van der Waals surface area contributed by atoms with Crippen LogP contribution < -0.4 is 5.32 Å². The van der Waals surface area contributed by atoms with Crippen LogP contribution in [0.3, 0.4) is 0 Å². The lowest BCUT2D eigenvalue weighted by atomic mass is 10.1. The van der Waals surface area contributed by atoms with Gasteiger partial charge in [0.15, 0.2) is 0 Å². The van der Waals surface area contributed by atoms with Crippen LogP contribution in [0, 0.1) is 0 Å². The molecule has 3 nitrogen and oxygen atoms in total. The number of thiophene rings is 1. The molecule has 2 heterocycles. The van der Waals surface area contributed by atoms with E-state index >= 15 is 0 Å². The highest BCUT2D eigenvalue weighted by Crippen LogP contribution is 2.43. The van der Waals surface area contributed by atoms with Crippen LogP contribution in [-0.2, 0) is 0 Å². The van der Waals surface area contributed by atoms with Gasteiger partial charge in [0.1, 0.15) is 0 Å². The predicted octanol–water partition coefficient (Wildman–Crippen LogP) is 2.45. The Kier molecular flexibility index (Phi) is 3.16. The molecule has 1 aromatic rings. The average Bonchev–Trinajstić information content (AvgIpc) is 3.05. The monoisotopic (exact) mass is 264 g/mol. The van der Waals surface area contributed by atoms with Gasteiger partial charge >= 0.3 is 0 Å². The molecule has 2 fully saturated rings. The summed E-state index contributed by atoms with van der Waals surface area (Å²) in [5, 5.41) is 5.53. The number of carbonyl (C=O) groups is 1. The van der Waals surface area contributed by atoms with Crippen molar-refractivity contribution >= 4 is 17.2 Å². The van der Waals surface area contributed by atoms with E-state index in [1.807, 2.05) is 4.90 Å². The number of hydrogen-bond donors (Lipinski definition) is 1. The van der Waals surface area contributed by atoms with Crippen LogP contribution in [0.25, 0.3) is 0 Å². The minimum absolute atomic E-state index is 0.243. The lowest BCUT2D eigenvalue weighted by molar-refractivity contribution is 0.0677. The fourth-order valence-corrected chi connectivity index (χ4v) is 3.80. The van der Waals surface area contributed by atoms with Crippen molar-refractivity contribution in [1.82, 2.24) is 10.2 Å². The second kappa shape index (κ2) is 4.67. The Morgan fingerprint density at radius 3 is 2.61 bits per heavy atom. The van der Waals surface area contributed by atoms with Crippen LogP contribution in [-0.4, -0.2) is 36.0 Å². The third-order valence-electron chi connectivity index (χ3n) is 3.75. The number of nitrogens with one attached hydrogen (secondary N) is 1. The Bertz CT molecular complexity index is 442. The summed E-state index contributed by atoms with van der Waals surface area (Å²) in [4.78, 5) is 15.6. The van der Waals surface area contributed by atoms with Crippen molar-refractivity contribution < 1.29 is 4.79 Å². The summed E-state index contributed by atoms with van der Waals surface area (Å²) in [7, 11) is 0. The minimum atomic E-state index is 0.243. The van der Waals surface area contributed by atoms with Gasteiger partial charge in [0.25, 0.3) is 5.91 Å². The Morgan fingerprint density at radius 2 is 2.00 bits per heavy atom. The van der Waals surface area contributed by atoms with Crippen molar-refractivity contribution in [2.45, 2.75) is 44.7 Å². The normalized spacial score (nSPS) is 28.4. The maximum Gasteiger partial charge on any atom is 0.264 e. The van der Waals surface area contributed by atoms with Gasteiger partial charge in [-0.05, 0) is 49.6 Å². The minimum Gasteiger partial charge on any atom is -0.335 e. The summed E-state index contributed by atoms with van der Waals surface area (Å²) in [6.07, 6.45) is 2.51. The molecular formula is C14H20N2OS. The van der Waals surface area contributed by atoms with E-state index in [1.54, 1.807) is 11.3 Å². The van der Waals surface area contributed by atoms with E-state index in [4.69, 9.17) is 0 Å². The van der Waals surface area contributed by atoms with E-state index in [1.165, 1.54) is 18.4 Å². The van der Waals surface area contributed by atoms with Crippen molar-refractivity contribution in [2.75, 3.05) is 13.1 Å². The first kappa shape index (κ1) is 12.2. The summed E-state index contributed by atoms with van der Waals surface area (Å²) >= 11 is 1.61. The number of carbonyl (C=O) groups excluding carboxylic acids is 1. The van der Waals surface area contributed by atoms with Gasteiger partial charge in [-0.1, -0.05) is 0 Å². The van der Waals surface area contributed by atoms with Gasteiger partial charge in [0.05, 0.1) is 4.88 Å². The van der Waals surface area contributed by atoms with Crippen LogP contribution >= 0.6 is 11.3 Å². The summed E-state index contributed by atoms with van der Waals surface area (Å²) < 4.78 is 0. The van der Waals surface area contributed by atoms with Gasteiger partial charge in [-0.15, -0.1) is 11.3 Å². The molecule has 2 aliphatic rings. The fourth-order valence-electron chi connectivity index (χ4n) is 2.85. The van der Waals surface area contributed by atoms with Crippen LogP contribution in [0.4, 0.5) is 0 Å². The number of nitrogens with zero attached hydrogens (tertiary/aromatic N) is 1. The van der Waals surface area contributed by atoms with Crippen molar-refractivity contribution in [2.24, 2.45) is 0 Å². The average molecular weight is 264 g/mol. The first-order valence-corrected chi connectivity index (χ1v) is 7.66. The molecule has 1 N–H and O–H groups in total. The highest BCUT2D eigenvalue weighted by Gasteiger charge is 2.32. The molecule has 1 saturated heterocycles. The predicted molar refractivity (Wildman–Crippen MR) is 74.3 cm³/mol. The third-order valence-corrected chi connectivity index (χ3v) is 4.67.